The van der Waals surface area contributed by atoms with Gasteiger partial charge in [0, 0.05) is 5.88 Å². The number of nitrogens with zero attached hydrogens (tertiary/aromatic N) is 2. The highest BCUT2D eigenvalue weighted by Gasteiger charge is 2.51. The fourth-order valence-corrected chi connectivity index (χ4v) is 5.19. The van der Waals surface area contributed by atoms with Crippen molar-refractivity contribution in [3.63, 3.8) is 0 Å². The quantitative estimate of drug-likeness (QED) is 0.454. The van der Waals surface area contributed by atoms with Crippen LogP contribution in [0.4, 0.5) is 5.69 Å². The van der Waals surface area contributed by atoms with Gasteiger partial charge in [-0.15, -0.1) is 11.6 Å². The first kappa shape index (κ1) is 17.1. The second-order valence-electron chi connectivity index (χ2n) is 7.35. The highest BCUT2D eigenvalue weighted by atomic mass is 35.5. The highest BCUT2D eigenvalue weighted by molar-refractivity contribution is 6.17. The molecule has 0 saturated heterocycles. The number of rotatable bonds is 3. The standard InChI is InChI=1S/C11H15NO.C8H6ClNO/c13-7-12-11-4-8-1-9(5-11)3-10(2-8)6-11;9-5-7-1-3-8(4-2-7)10-6-11/h8-10H,1-6H2;1-4H,5H2. The van der Waals surface area contributed by atoms with Crippen LogP contribution in [-0.2, 0) is 15.5 Å². The molecule has 1 aromatic rings. The van der Waals surface area contributed by atoms with Gasteiger partial charge in [-0.05, 0) is 74.0 Å². The van der Waals surface area contributed by atoms with Crippen molar-refractivity contribution < 1.29 is 9.59 Å². The summed E-state index contributed by atoms with van der Waals surface area (Å²) in [6, 6.07) is 7.09. The van der Waals surface area contributed by atoms with E-state index in [0.29, 0.717) is 11.6 Å². The molecule has 0 N–H and O–H groups in total. The molecular formula is C19H21ClN2O2. The zero-order valence-electron chi connectivity index (χ0n) is 13.6. The molecule has 0 spiro atoms. The molecule has 4 saturated carbocycles. The van der Waals surface area contributed by atoms with Crippen LogP contribution in [0.25, 0.3) is 0 Å². The molecule has 5 rings (SSSR count). The van der Waals surface area contributed by atoms with E-state index in [1.54, 1.807) is 18.2 Å². The SMILES string of the molecule is O=C=NC12CC3CC(CC(C3)C1)C2.O=C=Nc1ccc(CCl)cc1. The van der Waals surface area contributed by atoms with Gasteiger partial charge < -0.3 is 0 Å². The van der Waals surface area contributed by atoms with Crippen LogP contribution in [0.5, 0.6) is 0 Å². The molecule has 0 atom stereocenters. The molecule has 4 aliphatic carbocycles. The molecule has 0 amide bonds. The smallest absolute Gasteiger partial charge is 0.211 e. The second kappa shape index (κ2) is 7.44. The van der Waals surface area contributed by atoms with Crippen LogP contribution in [0.1, 0.15) is 44.1 Å². The lowest BCUT2D eigenvalue weighted by Crippen LogP contribution is -2.49. The first-order valence-corrected chi connectivity index (χ1v) is 9.01. The van der Waals surface area contributed by atoms with Crippen molar-refractivity contribution in [3.8, 4) is 0 Å². The summed E-state index contributed by atoms with van der Waals surface area (Å²) in [4.78, 5) is 27.8. The van der Waals surface area contributed by atoms with Gasteiger partial charge in [-0.3, -0.25) is 0 Å². The molecule has 4 nitrogen and oxygen atoms in total. The van der Waals surface area contributed by atoms with Gasteiger partial charge in [-0.25, -0.2) is 9.59 Å². The van der Waals surface area contributed by atoms with E-state index in [2.05, 4.69) is 9.98 Å². The summed E-state index contributed by atoms with van der Waals surface area (Å²) in [5.74, 6) is 3.11. The summed E-state index contributed by atoms with van der Waals surface area (Å²) >= 11 is 5.55. The number of hydrogen-bond acceptors (Lipinski definition) is 4. The third-order valence-electron chi connectivity index (χ3n) is 5.55. The number of hydrogen-bond donors (Lipinski definition) is 0. The summed E-state index contributed by atoms with van der Waals surface area (Å²) < 4.78 is 0. The Bertz CT molecular complexity index is 638. The molecule has 24 heavy (non-hydrogen) atoms. The van der Waals surface area contributed by atoms with Crippen molar-refractivity contribution in [1.82, 2.24) is 0 Å². The topological polar surface area (TPSA) is 58.9 Å². The maximum Gasteiger partial charge on any atom is 0.240 e. The van der Waals surface area contributed by atoms with Crippen molar-refractivity contribution >= 4 is 29.4 Å². The van der Waals surface area contributed by atoms with Gasteiger partial charge in [-0.2, -0.15) is 9.98 Å². The van der Waals surface area contributed by atoms with E-state index >= 15 is 0 Å². The molecule has 126 valence electrons. The number of carbonyl (C=O) groups excluding carboxylic acids is 2. The average molecular weight is 345 g/mol. The molecule has 0 aliphatic heterocycles. The van der Waals surface area contributed by atoms with Crippen molar-refractivity contribution in [2.24, 2.45) is 27.7 Å². The maximum atomic E-state index is 10.4. The molecule has 4 bridgehead atoms. The predicted octanol–water partition coefficient (Wildman–Crippen LogP) is 4.68. The Kier molecular flexibility index (Phi) is 5.30. The van der Waals surface area contributed by atoms with E-state index in [-0.39, 0.29) is 5.54 Å². The van der Waals surface area contributed by atoms with Crippen LogP contribution in [0.3, 0.4) is 0 Å². The molecule has 0 aromatic heterocycles. The van der Waals surface area contributed by atoms with E-state index in [1.165, 1.54) is 44.6 Å². The number of isocyanates is 2. The lowest BCUT2D eigenvalue weighted by Gasteiger charge is -2.54. The van der Waals surface area contributed by atoms with Crippen LogP contribution in [0.2, 0.25) is 0 Å². The van der Waals surface area contributed by atoms with Gasteiger partial charge in [0.05, 0.1) is 11.2 Å². The fraction of sp³-hybridized carbons (Fsp3) is 0.579. The zero-order valence-corrected chi connectivity index (χ0v) is 14.3. The molecule has 0 heterocycles. The van der Waals surface area contributed by atoms with Crippen molar-refractivity contribution in [1.29, 1.82) is 0 Å². The minimum Gasteiger partial charge on any atom is -0.211 e. The zero-order chi connectivity index (χ0) is 17.0. The Morgan fingerprint density at radius 2 is 1.50 bits per heavy atom. The fourth-order valence-electron chi connectivity index (χ4n) is 5.01. The number of alkyl halides is 1. The van der Waals surface area contributed by atoms with Crippen molar-refractivity contribution in [2.45, 2.75) is 49.9 Å². The number of benzene rings is 1. The summed E-state index contributed by atoms with van der Waals surface area (Å²) in [6.07, 6.45) is 11.0. The van der Waals surface area contributed by atoms with Crippen molar-refractivity contribution in [2.75, 3.05) is 0 Å². The van der Waals surface area contributed by atoms with Gasteiger partial charge in [0.25, 0.3) is 0 Å². The molecule has 4 aliphatic rings. The van der Waals surface area contributed by atoms with Gasteiger partial charge in [0.2, 0.25) is 12.2 Å². The molecule has 0 radical (unpaired) electrons. The third kappa shape index (κ3) is 3.84. The Hall–Kier alpha value is -1.73. The van der Waals surface area contributed by atoms with E-state index in [0.717, 1.165) is 23.3 Å². The van der Waals surface area contributed by atoms with E-state index in [9.17, 15) is 9.59 Å². The van der Waals surface area contributed by atoms with Gasteiger partial charge in [-0.1, -0.05) is 12.1 Å². The van der Waals surface area contributed by atoms with Crippen LogP contribution in [0.15, 0.2) is 34.3 Å². The van der Waals surface area contributed by atoms with Crippen LogP contribution in [-0.4, -0.2) is 17.7 Å². The number of aliphatic imine (C=N–C) groups is 2. The van der Waals surface area contributed by atoms with E-state index < -0.39 is 0 Å². The third-order valence-corrected chi connectivity index (χ3v) is 5.86. The monoisotopic (exact) mass is 344 g/mol. The molecule has 4 fully saturated rings. The normalized spacial score (nSPS) is 32.1. The second-order valence-corrected chi connectivity index (χ2v) is 7.62. The Balaban J connectivity index is 0.000000144. The van der Waals surface area contributed by atoms with Gasteiger partial charge in [0.15, 0.2) is 0 Å². The summed E-state index contributed by atoms with van der Waals surface area (Å²) in [5, 5.41) is 0. The Morgan fingerprint density at radius 3 is 1.92 bits per heavy atom. The summed E-state index contributed by atoms with van der Waals surface area (Å²) in [5.41, 5.74) is 1.67. The largest absolute Gasteiger partial charge is 0.240 e. The van der Waals surface area contributed by atoms with Gasteiger partial charge >= 0.3 is 0 Å². The number of halogens is 1. The summed E-state index contributed by atoms with van der Waals surface area (Å²) in [7, 11) is 0. The minimum atomic E-state index is 0.0521. The van der Waals surface area contributed by atoms with Gasteiger partial charge in [0.1, 0.15) is 0 Å². The Morgan fingerprint density at radius 1 is 0.958 bits per heavy atom. The van der Waals surface area contributed by atoms with E-state index in [4.69, 9.17) is 11.6 Å². The first-order valence-electron chi connectivity index (χ1n) is 8.48. The Labute approximate surface area is 147 Å². The van der Waals surface area contributed by atoms with E-state index in [1.807, 2.05) is 12.1 Å². The molecule has 0 unspecified atom stereocenters. The molecule has 5 heteroatoms. The first-order chi connectivity index (χ1) is 11.7. The highest BCUT2D eigenvalue weighted by Crippen LogP contribution is 2.57. The summed E-state index contributed by atoms with van der Waals surface area (Å²) in [6.45, 7) is 0. The molecule has 1 aromatic carbocycles. The van der Waals surface area contributed by atoms with Crippen LogP contribution < -0.4 is 0 Å². The molecular weight excluding hydrogens is 324 g/mol. The lowest BCUT2D eigenvalue weighted by atomic mass is 9.53. The average Bonchev–Trinajstić information content (AvgIpc) is 2.55. The predicted molar refractivity (Wildman–Crippen MR) is 92.8 cm³/mol. The maximum absolute atomic E-state index is 10.4. The van der Waals surface area contributed by atoms with Crippen molar-refractivity contribution in [3.05, 3.63) is 29.8 Å². The lowest BCUT2D eigenvalue weighted by molar-refractivity contribution is 0.00170. The van der Waals surface area contributed by atoms with Crippen LogP contribution in [0, 0.1) is 17.8 Å². The minimum absolute atomic E-state index is 0.0521. The van der Waals surface area contributed by atoms with Crippen LogP contribution >= 0.6 is 11.6 Å².